The molecule has 1 saturated heterocycles. The molecule has 4 aromatic heterocycles. The highest BCUT2D eigenvalue weighted by Crippen LogP contribution is 2.47. The maximum Gasteiger partial charge on any atom is 0.253 e. The average Bonchev–Trinajstić information content (AvgIpc) is 3.44. The second-order valence-electron chi connectivity index (χ2n) is 10.4. The summed E-state index contributed by atoms with van der Waals surface area (Å²) >= 11 is 0. The topological polar surface area (TPSA) is 113 Å². The fraction of sp³-hybridized carbons (Fsp3) is 0.233. The molecule has 1 aromatic carbocycles. The van der Waals surface area contributed by atoms with Crippen molar-refractivity contribution >= 4 is 17.1 Å². The number of carbonyl (C=O) groups excluding carboxylic acids is 1. The second-order valence-corrected chi connectivity index (χ2v) is 10.4. The van der Waals surface area contributed by atoms with Crippen molar-refractivity contribution in [1.82, 2.24) is 29.7 Å². The number of fused-ring (bicyclic) bond motifs is 2. The van der Waals surface area contributed by atoms with E-state index in [1.54, 1.807) is 40.8 Å². The zero-order chi connectivity index (χ0) is 27.4. The number of amides is 1. The molecule has 1 amide bonds. The number of rotatable bonds is 6. The Morgan fingerprint density at radius 3 is 2.45 bits per heavy atom. The molecule has 0 bridgehead atoms. The number of pyridine rings is 2. The average molecular weight is 531 g/mol. The molecule has 7 rings (SSSR count). The van der Waals surface area contributed by atoms with Crippen molar-refractivity contribution in [2.45, 2.75) is 6.04 Å². The molecule has 10 nitrogen and oxygen atoms in total. The molecule has 1 aliphatic carbocycles. The van der Waals surface area contributed by atoms with Gasteiger partial charge >= 0.3 is 0 Å². The first kappa shape index (κ1) is 23.9. The number of nitrogens with zero attached hydrogens (tertiary/aromatic N) is 7. The predicted octanol–water partition coefficient (Wildman–Crippen LogP) is 3.54. The van der Waals surface area contributed by atoms with E-state index in [1.807, 2.05) is 25.6 Å². The van der Waals surface area contributed by atoms with Crippen LogP contribution in [0.1, 0.15) is 15.9 Å². The minimum atomic E-state index is -0.0955. The van der Waals surface area contributed by atoms with E-state index in [2.05, 4.69) is 61.8 Å². The zero-order valence-electron chi connectivity index (χ0n) is 22.0. The van der Waals surface area contributed by atoms with Crippen LogP contribution in [0, 0.1) is 23.2 Å². The van der Waals surface area contributed by atoms with Gasteiger partial charge < -0.3 is 15.0 Å². The Balaban J connectivity index is 1.08. The number of aryl methyl sites for hydroxylation is 1. The van der Waals surface area contributed by atoms with Gasteiger partial charge in [-0.25, -0.2) is 9.50 Å². The first-order valence-corrected chi connectivity index (χ1v) is 13.1. The molecule has 0 radical (unpaired) electrons. The summed E-state index contributed by atoms with van der Waals surface area (Å²) in [6.07, 6.45) is 8.87. The lowest BCUT2D eigenvalue weighted by molar-refractivity contribution is 0.0946. The van der Waals surface area contributed by atoms with Gasteiger partial charge in [0.1, 0.15) is 6.07 Å². The third-order valence-corrected chi connectivity index (χ3v) is 8.01. The number of piperidine rings is 1. The van der Waals surface area contributed by atoms with Gasteiger partial charge in [-0.05, 0) is 29.8 Å². The van der Waals surface area contributed by atoms with E-state index in [-0.39, 0.29) is 11.9 Å². The molecule has 10 heteroatoms. The van der Waals surface area contributed by atoms with Crippen molar-refractivity contribution in [2.75, 3.05) is 25.1 Å². The highest BCUT2D eigenvalue weighted by molar-refractivity contribution is 5.94. The van der Waals surface area contributed by atoms with Crippen LogP contribution >= 0.6 is 0 Å². The van der Waals surface area contributed by atoms with Gasteiger partial charge in [0.05, 0.1) is 36.1 Å². The second kappa shape index (κ2) is 9.24. The predicted molar refractivity (Wildman–Crippen MR) is 149 cm³/mol. The van der Waals surface area contributed by atoms with Crippen LogP contribution in [0.2, 0.25) is 0 Å². The molecular formula is C30H26N8O2. The molecule has 0 spiro atoms. The van der Waals surface area contributed by atoms with Crippen molar-refractivity contribution < 1.29 is 9.53 Å². The normalized spacial score (nSPS) is 19.3. The highest BCUT2D eigenvalue weighted by Gasteiger charge is 2.56. The third kappa shape index (κ3) is 4.03. The first-order chi connectivity index (χ1) is 19.5. The largest absolute Gasteiger partial charge is 0.481 e. The van der Waals surface area contributed by atoms with E-state index in [0.717, 1.165) is 46.5 Å². The van der Waals surface area contributed by atoms with Gasteiger partial charge in [0, 0.05) is 85.0 Å². The van der Waals surface area contributed by atoms with Crippen molar-refractivity contribution in [3.63, 3.8) is 0 Å². The summed E-state index contributed by atoms with van der Waals surface area (Å²) in [5.74, 6) is 1.27. The molecule has 1 N–H and O–H groups in total. The Bertz CT molecular complexity index is 1770. The molecule has 3 atom stereocenters. The number of aromatic nitrogens is 5. The lowest BCUT2D eigenvalue weighted by Crippen LogP contribution is -2.34. The van der Waals surface area contributed by atoms with Gasteiger partial charge in [0.25, 0.3) is 5.91 Å². The Morgan fingerprint density at radius 1 is 1.00 bits per heavy atom. The van der Waals surface area contributed by atoms with Crippen LogP contribution in [0.3, 0.4) is 0 Å². The van der Waals surface area contributed by atoms with Crippen LogP contribution in [-0.2, 0) is 7.05 Å². The number of benzene rings is 1. The lowest BCUT2D eigenvalue weighted by Gasteiger charge is -2.23. The number of nitriles is 1. The van der Waals surface area contributed by atoms with Crippen molar-refractivity contribution in [3.8, 4) is 34.2 Å². The Kier molecular flexibility index (Phi) is 5.52. The molecule has 198 valence electrons. The molecule has 0 unspecified atom stereocenters. The van der Waals surface area contributed by atoms with Gasteiger partial charge in [0.15, 0.2) is 0 Å². The summed E-state index contributed by atoms with van der Waals surface area (Å²) in [6.45, 7) is 1.80. The maximum atomic E-state index is 12.6. The van der Waals surface area contributed by atoms with E-state index >= 15 is 0 Å². The molecular weight excluding hydrogens is 504 g/mol. The third-order valence-electron chi connectivity index (χ3n) is 8.01. The van der Waals surface area contributed by atoms with Gasteiger partial charge in [0.2, 0.25) is 5.88 Å². The van der Waals surface area contributed by atoms with Gasteiger partial charge in [-0.2, -0.15) is 15.5 Å². The van der Waals surface area contributed by atoms with Crippen LogP contribution in [0.4, 0.5) is 5.69 Å². The standard InChI is InChI=1S/C30H26N8O2/c1-36-14-22(13-33-36)20-9-24(29-21(10-31)12-34-38(29)15-20)18-3-6-23(7-4-18)37-16-25-26(17-37)28(25)35-30(39)19-5-8-27(40-2)32-11-19/h3-9,11-15,25-26,28H,16-17H2,1-2H3,(H,35,39)/t25-,26+,28+. The summed E-state index contributed by atoms with van der Waals surface area (Å²) in [7, 11) is 3.44. The smallest absolute Gasteiger partial charge is 0.253 e. The van der Waals surface area contributed by atoms with Crippen LogP contribution in [0.5, 0.6) is 5.88 Å². The minimum absolute atomic E-state index is 0.0955. The van der Waals surface area contributed by atoms with Crippen LogP contribution in [-0.4, -0.2) is 56.5 Å². The summed E-state index contributed by atoms with van der Waals surface area (Å²) < 4.78 is 8.61. The molecule has 40 heavy (non-hydrogen) atoms. The molecule has 1 saturated carbocycles. The SMILES string of the molecule is COc1ccc(C(=O)N[C@H]2[C@@H]3CN(c4ccc(-c5cc(-c6cnn(C)c6)cn6ncc(C#N)c56)cc4)C[C@@H]32)cn1. The maximum absolute atomic E-state index is 12.6. The lowest BCUT2D eigenvalue weighted by atomic mass is 10.00. The van der Waals surface area contributed by atoms with Crippen LogP contribution in [0.15, 0.2) is 73.4 Å². The number of methoxy groups -OCH3 is 1. The fourth-order valence-electron chi connectivity index (χ4n) is 5.82. The monoisotopic (exact) mass is 530 g/mol. The summed E-state index contributed by atoms with van der Waals surface area (Å²) in [5, 5.41) is 21.6. The zero-order valence-corrected chi connectivity index (χ0v) is 22.0. The van der Waals surface area contributed by atoms with Gasteiger partial charge in [-0.1, -0.05) is 12.1 Å². The number of nitrogens with one attached hydrogen (secondary N) is 1. The van der Waals surface area contributed by atoms with Gasteiger partial charge in [-0.15, -0.1) is 0 Å². The molecule has 2 fully saturated rings. The van der Waals surface area contributed by atoms with E-state index in [9.17, 15) is 10.1 Å². The number of ether oxygens (including phenoxy) is 1. The molecule has 1 aliphatic heterocycles. The first-order valence-electron chi connectivity index (χ1n) is 13.1. The molecule has 5 heterocycles. The number of carbonyl (C=O) groups is 1. The summed E-state index contributed by atoms with van der Waals surface area (Å²) in [4.78, 5) is 19.1. The van der Waals surface area contributed by atoms with Crippen molar-refractivity contribution in [3.05, 3.63) is 84.6 Å². The van der Waals surface area contributed by atoms with E-state index in [1.165, 1.54) is 0 Å². The number of anilines is 1. The van der Waals surface area contributed by atoms with E-state index in [0.29, 0.717) is 28.8 Å². The van der Waals surface area contributed by atoms with Crippen LogP contribution < -0.4 is 15.0 Å². The van der Waals surface area contributed by atoms with Crippen molar-refractivity contribution in [1.29, 1.82) is 5.26 Å². The van der Waals surface area contributed by atoms with Gasteiger partial charge in [-0.3, -0.25) is 9.48 Å². The highest BCUT2D eigenvalue weighted by atomic mass is 16.5. The summed E-state index contributed by atoms with van der Waals surface area (Å²) in [5.41, 5.74) is 6.93. The van der Waals surface area contributed by atoms with E-state index < -0.39 is 0 Å². The minimum Gasteiger partial charge on any atom is -0.481 e. The van der Waals surface area contributed by atoms with Crippen molar-refractivity contribution in [2.24, 2.45) is 18.9 Å². The Labute approximate surface area is 230 Å². The Morgan fingerprint density at radius 2 is 1.80 bits per heavy atom. The number of hydrogen-bond donors (Lipinski definition) is 1. The quantitative estimate of drug-likeness (QED) is 0.357. The molecule has 5 aromatic rings. The summed E-state index contributed by atoms with van der Waals surface area (Å²) in [6, 6.07) is 16.5. The molecule has 2 aliphatic rings. The number of hydrogen-bond acceptors (Lipinski definition) is 7. The fourth-order valence-corrected chi connectivity index (χ4v) is 5.82. The van der Waals surface area contributed by atoms with Crippen LogP contribution in [0.25, 0.3) is 27.8 Å². The Hall–Kier alpha value is -5.17. The van der Waals surface area contributed by atoms with E-state index in [4.69, 9.17) is 4.74 Å².